The summed E-state index contributed by atoms with van der Waals surface area (Å²) >= 11 is 6.07. The third-order valence-electron chi connectivity index (χ3n) is 3.95. The van der Waals surface area contributed by atoms with Crippen LogP contribution in [0.25, 0.3) is 5.69 Å². The summed E-state index contributed by atoms with van der Waals surface area (Å²) < 4.78 is 1.85. The molecule has 23 heavy (non-hydrogen) atoms. The highest BCUT2D eigenvalue weighted by Crippen LogP contribution is 2.37. The number of hydrogen-bond donors (Lipinski definition) is 1. The third kappa shape index (κ3) is 2.49. The Balaban J connectivity index is 1.83. The number of nitrogens with zero attached hydrogens (tertiary/aromatic N) is 3. The Morgan fingerprint density at radius 3 is 2.96 bits per heavy atom. The first-order chi connectivity index (χ1) is 11.2. The van der Waals surface area contributed by atoms with E-state index < -0.39 is 0 Å². The summed E-state index contributed by atoms with van der Waals surface area (Å²) in [6.07, 6.45) is 5.58. The van der Waals surface area contributed by atoms with Gasteiger partial charge in [0, 0.05) is 35.4 Å². The van der Waals surface area contributed by atoms with Gasteiger partial charge in [0.05, 0.1) is 5.69 Å². The van der Waals surface area contributed by atoms with Crippen LogP contribution in [0.15, 0.2) is 55.1 Å². The molecule has 0 unspecified atom stereocenters. The van der Waals surface area contributed by atoms with Gasteiger partial charge in [0.15, 0.2) is 0 Å². The highest BCUT2D eigenvalue weighted by Gasteiger charge is 2.31. The van der Waals surface area contributed by atoms with Crippen LogP contribution in [-0.4, -0.2) is 20.4 Å². The number of imidazole rings is 1. The monoisotopic (exact) mass is 324 g/mol. The van der Waals surface area contributed by atoms with Gasteiger partial charge in [-0.15, -0.1) is 0 Å². The number of hydrogen-bond acceptors (Lipinski definition) is 3. The van der Waals surface area contributed by atoms with Crippen LogP contribution >= 0.6 is 11.6 Å². The second kappa shape index (κ2) is 5.52. The van der Waals surface area contributed by atoms with Gasteiger partial charge in [-0.1, -0.05) is 23.7 Å². The van der Waals surface area contributed by atoms with Crippen molar-refractivity contribution in [2.24, 2.45) is 0 Å². The fraction of sp³-hybridized carbons (Fsp3) is 0.118. The molecule has 114 valence electrons. The molecule has 1 amide bonds. The lowest BCUT2D eigenvalue weighted by Gasteiger charge is -2.23. The maximum absolute atomic E-state index is 12.2. The van der Waals surface area contributed by atoms with Crippen LogP contribution in [0, 0.1) is 0 Å². The van der Waals surface area contributed by atoms with Crippen LogP contribution in [0.1, 0.15) is 23.6 Å². The maximum Gasteiger partial charge on any atom is 0.226 e. The summed E-state index contributed by atoms with van der Waals surface area (Å²) in [7, 11) is 0. The number of rotatable bonds is 2. The highest BCUT2D eigenvalue weighted by molar-refractivity contribution is 6.30. The Morgan fingerprint density at radius 2 is 2.17 bits per heavy atom. The number of carbonyl (C=O) groups excluding carboxylic acids is 1. The molecule has 0 spiro atoms. The fourth-order valence-corrected chi connectivity index (χ4v) is 3.07. The van der Waals surface area contributed by atoms with Crippen molar-refractivity contribution in [3.63, 3.8) is 0 Å². The lowest BCUT2D eigenvalue weighted by molar-refractivity contribution is -0.116. The zero-order chi connectivity index (χ0) is 15.8. The van der Waals surface area contributed by atoms with Gasteiger partial charge in [0.2, 0.25) is 5.91 Å². The molecule has 4 rings (SSSR count). The normalized spacial score (nSPS) is 16.7. The van der Waals surface area contributed by atoms with Crippen molar-refractivity contribution in [2.45, 2.75) is 12.3 Å². The van der Waals surface area contributed by atoms with E-state index in [2.05, 4.69) is 15.3 Å². The van der Waals surface area contributed by atoms with E-state index in [-0.39, 0.29) is 11.8 Å². The van der Waals surface area contributed by atoms with Crippen molar-refractivity contribution in [1.82, 2.24) is 14.5 Å². The molecular formula is C17H13ClN4O. The molecule has 0 radical (unpaired) electrons. The predicted octanol–water partition coefficient (Wildman–Crippen LogP) is 3.39. The molecule has 3 aromatic rings. The molecule has 1 atom stereocenters. The Labute approximate surface area is 138 Å². The third-order valence-corrected chi connectivity index (χ3v) is 4.18. The molecule has 0 saturated heterocycles. The van der Waals surface area contributed by atoms with Gasteiger partial charge < -0.3 is 5.32 Å². The topological polar surface area (TPSA) is 59.8 Å². The van der Waals surface area contributed by atoms with Crippen LogP contribution in [-0.2, 0) is 4.79 Å². The van der Waals surface area contributed by atoms with Crippen molar-refractivity contribution in [2.75, 3.05) is 5.32 Å². The number of fused-ring (bicyclic) bond motifs is 1. The lowest BCUT2D eigenvalue weighted by atomic mass is 9.91. The Morgan fingerprint density at radius 1 is 1.26 bits per heavy atom. The number of pyridine rings is 1. The Kier molecular flexibility index (Phi) is 3.35. The number of nitrogens with one attached hydrogen (secondary N) is 1. The van der Waals surface area contributed by atoms with E-state index in [0.717, 1.165) is 16.9 Å². The first-order valence-electron chi connectivity index (χ1n) is 7.25. The first kappa shape index (κ1) is 14.0. The maximum atomic E-state index is 12.2. The van der Waals surface area contributed by atoms with Gasteiger partial charge in [-0.25, -0.2) is 4.98 Å². The Bertz CT molecular complexity index is 875. The molecule has 0 bridgehead atoms. The number of aromatic nitrogens is 3. The largest absolute Gasteiger partial charge is 0.310 e. The number of benzene rings is 1. The van der Waals surface area contributed by atoms with E-state index >= 15 is 0 Å². The Hall–Kier alpha value is -2.66. The van der Waals surface area contributed by atoms with Crippen LogP contribution in [0.3, 0.4) is 0 Å². The van der Waals surface area contributed by atoms with E-state index in [9.17, 15) is 4.79 Å². The SMILES string of the molecule is O=C1C[C@H](c2cccnc2)c2ncn(-c3cccc(Cl)c3)c2N1. The van der Waals surface area contributed by atoms with Gasteiger partial charge >= 0.3 is 0 Å². The predicted molar refractivity (Wildman–Crippen MR) is 87.9 cm³/mol. The van der Waals surface area contributed by atoms with Crippen LogP contribution in [0.5, 0.6) is 0 Å². The van der Waals surface area contributed by atoms with Crippen molar-refractivity contribution in [3.05, 3.63) is 71.4 Å². The quantitative estimate of drug-likeness (QED) is 0.786. The summed E-state index contributed by atoms with van der Waals surface area (Å²) in [5, 5.41) is 3.56. The summed E-state index contributed by atoms with van der Waals surface area (Å²) in [5.41, 5.74) is 2.69. The molecule has 6 heteroatoms. The molecule has 0 aliphatic carbocycles. The zero-order valence-corrected chi connectivity index (χ0v) is 12.9. The van der Waals surface area contributed by atoms with E-state index in [0.29, 0.717) is 17.3 Å². The molecular weight excluding hydrogens is 312 g/mol. The number of carbonyl (C=O) groups is 1. The van der Waals surface area contributed by atoms with Gasteiger partial charge in [0.25, 0.3) is 0 Å². The molecule has 0 fully saturated rings. The van der Waals surface area contributed by atoms with E-state index in [1.165, 1.54) is 0 Å². The molecule has 5 nitrogen and oxygen atoms in total. The van der Waals surface area contributed by atoms with Gasteiger partial charge in [0.1, 0.15) is 12.1 Å². The second-order valence-corrected chi connectivity index (χ2v) is 5.86. The minimum absolute atomic E-state index is 0.0323. The molecule has 1 aliphatic rings. The second-order valence-electron chi connectivity index (χ2n) is 5.42. The summed E-state index contributed by atoms with van der Waals surface area (Å²) in [6.45, 7) is 0. The number of halogens is 1. The van der Waals surface area contributed by atoms with Gasteiger partial charge in [-0.2, -0.15) is 0 Å². The molecule has 1 aromatic carbocycles. The van der Waals surface area contributed by atoms with Crippen molar-refractivity contribution in [3.8, 4) is 5.69 Å². The zero-order valence-electron chi connectivity index (χ0n) is 12.1. The molecule has 2 aromatic heterocycles. The summed E-state index contributed by atoms with van der Waals surface area (Å²) in [4.78, 5) is 20.8. The summed E-state index contributed by atoms with van der Waals surface area (Å²) in [5.74, 6) is 0.570. The van der Waals surface area contributed by atoms with E-state index in [1.807, 2.05) is 41.0 Å². The lowest BCUT2D eigenvalue weighted by Crippen LogP contribution is -2.24. The van der Waals surface area contributed by atoms with E-state index in [4.69, 9.17) is 11.6 Å². The molecule has 1 aliphatic heterocycles. The number of anilines is 1. The average Bonchev–Trinajstić information content (AvgIpc) is 2.98. The molecule has 0 saturated carbocycles. The highest BCUT2D eigenvalue weighted by atomic mass is 35.5. The minimum Gasteiger partial charge on any atom is -0.310 e. The fourth-order valence-electron chi connectivity index (χ4n) is 2.89. The van der Waals surface area contributed by atoms with E-state index in [1.54, 1.807) is 18.7 Å². The standard InChI is InChI=1S/C17H13ClN4O/c18-12-4-1-5-13(7-12)22-10-20-16-14(8-15(23)21-17(16)22)11-3-2-6-19-9-11/h1-7,9-10,14H,8H2,(H,21,23)/t14-/m1/s1. The van der Waals surface area contributed by atoms with Crippen LogP contribution in [0.4, 0.5) is 5.82 Å². The van der Waals surface area contributed by atoms with Gasteiger partial charge in [-0.3, -0.25) is 14.3 Å². The van der Waals surface area contributed by atoms with Crippen molar-refractivity contribution in [1.29, 1.82) is 0 Å². The van der Waals surface area contributed by atoms with Crippen molar-refractivity contribution < 1.29 is 4.79 Å². The first-order valence-corrected chi connectivity index (χ1v) is 7.63. The molecule has 1 N–H and O–H groups in total. The summed E-state index contributed by atoms with van der Waals surface area (Å²) in [6, 6.07) is 11.3. The van der Waals surface area contributed by atoms with Crippen LogP contribution in [0.2, 0.25) is 5.02 Å². The minimum atomic E-state index is -0.0899. The molecule has 3 heterocycles. The number of amides is 1. The smallest absolute Gasteiger partial charge is 0.226 e. The van der Waals surface area contributed by atoms with Crippen molar-refractivity contribution >= 4 is 23.3 Å². The van der Waals surface area contributed by atoms with Gasteiger partial charge in [-0.05, 0) is 29.8 Å². The average molecular weight is 325 g/mol. The van der Waals surface area contributed by atoms with Crippen LogP contribution < -0.4 is 5.32 Å².